The molecule has 0 bridgehead atoms. The van der Waals surface area contributed by atoms with Crippen LogP contribution in [0.3, 0.4) is 0 Å². The summed E-state index contributed by atoms with van der Waals surface area (Å²) in [6.07, 6.45) is 1.48. The van der Waals surface area contributed by atoms with E-state index in [2.05, 4.69) is 9.62 Å². The van der Waals surface area contributed by atoms with E-state index in [1.165, 1.54) is 12.1 Å². The Bertz CT molecular complexity index is 533. The SMILES string of the molecule is O=S(=O)(NCCN1CCC[C@@H](O)C1)c1ccc(Cl)cc1. The first kappa shape index (κ1) is 15.7. The molecule has 1 fully saturated rings. The maximum absolute atomic E-state index is 12.0. The first-order valence-electron chi connectivity index (χ1n) is 6.63. The Balaban J connectivity index is 1.85. The number of sulfonamides is 1. The average Bonchev–Trinajstić information content (AvgIpc) is 2.39. The fourth-order valence-corrected chi connectivity index (χ4v) is 3.42. The lowest BCUT2D eigenvalue weighted by atomic mass is 10.1. The molecule has 0 unspecified atom stereocenters. The van der Waals surface area contributed by atoms with E-state index in [1.54, 1.807) is 12.1 Å². The summed E-state index contributed by atoms with van der Waals surface area (Å²) in [6.45, 7) is 2.45. The topological polar surface area (TPSA) is 69.6 Å². The summed E-state index contributed by atoms with van der Waals surface area (Å²) in [4.78, 5) is 2.28. The number of halogens is 1. The lowest BCUT2D eigenvalue weighted by molar-refractivity contribution is 0.0720. The van der Waals surface area contributed by atoms with E-state index < -0.39 is 10.0 Å². The van der Waals surface area contributed by atoms with Crippen LogP contribution in [0.4, 0.5) is 0 Å². The van der Waals surface area contributed by atoms with Crippen LogP contribution in [-0.4, -0.2) is 50.7 Å². The van der Waals surface area contributed by atoms with E-state index in [9.17, 15) is 13.5 Å². The maximum atomic E-state index is 12.0. The molecule has 2 N–H and O–H groups in total. The Morgan fingerprint density at radius 1 is 1.35 bits per heavy atom. The highest BCUT2D eigenvalue weighted by Gasteiger charge is 2.18. The number of nitrogens with one attached hydrogen (secondary N) is 1. The highest BCUT2D eigenvalue weighted by Crippen LogP contribution is 2.14. The first-order chi connectivity index (χ1) is 9.47. The van der Waals surface area contributed by atoms with E-state index >= 15 is 0 Å². The fraction of sp³-hybridized carbons (Fsp3) is 0.538. The summed E-state index contributed by atoms with van der Waals surface area (Å²) in [5.74, 6) is 0. The van der Waals surface area contributed by atoms with Gasteiger partial charge in [0, 0.05) is 24.7 Å². The van der Waals surface area contributed by atoms with Crippen molar-refractivity contribution in [2.24, 2.45) is 0 Å². The molecule has 1 aromatic carbocycles. The zero-order valence-electron chi connectivity index (χ0n) is 11.1. The Labute approximate surface area is 124 Å². The van der Waals surface area contributed by atoms with Gasteiger partial charge in [0.2, 0.25) is 10.0 Å². The van der Waals surface area contributed by atoms with Crippen molar-refractivity contribution >= 4 is 21.6 Å². The Morgan fingerprint density at radius 3 is 2.70 bits per heavy atom. The number of nitrogens with zero attached hydrogens (tertiary/aromatic N) is 1. The number of hydrogen-bond donors (Lipinski definition) is 2. The van der Waals surface area contributed by atoms with Crippen molar-refractivity contribution in [3.05, 3.63) is 29.3 Å². The molecular formula is C13H19ClN2O3S. The van der Waals surface area contributed by atoms with Crippen LogP contribution in [0.1, 0.15) is 12.8 Å². The number of rotatable bonds is 5. The molecule has 0 amide bonds. The molecule has 2 rings (SSSR count). The van der Waals surface area contributed by atoms with Gasteiger partial charge < -0.3 is 5.11 Å². The summed E-state index contributed by atoms with van der Waals surface area (Å²) in [7, 11) is -3.49. The van der Waals surface area contributed by atoms with Crippen molar-refractivity contribution in [3.8, 4) is 0 Å². The highest BCUT2D eigenvalue weighted by molar-refractivity contribution is 7.89. The molecule has 1 aliphatic heterocycles. The minimum atomic E-state index is -3.49. The van der Waals surface area contributed by atoms with E-state index in [1.807, 2.05) is 0 Å². The molecule has 1 heterocycles. The molecule has 0 saturated carbocycles. The van der Waals surface area contributed by atoms with Gasteiger partial charge in [0.1, 0.15) is 0 Å². The lowest BCUT2D eigenvalue weighted by Gasteiger charge is -2.29. The van der Waals surface area contributed by atoms with Crippen molar-refractivity contribution in [3.63, 3.8) is 0 Å². The first-order valence-corrected chi connectivity index (χ1v) is 8.49. The second-order valence-electron chi connectivity index (χ2n) is 4.95. The number of hydrogen-bond acceptors (Lipinski definition) is 4. The number of piperidine rings is 1. The van der Waals surface area contributed by atoms with Crippen LogP contribution in [0.15, 0.2) is 29.2 Å². The number of aliphatic hydroxyl groups is 1. The Morgan fingerprint density at radius 2 is 2.05 bits per heavy atom. The van der Waals surface area contributed by atoms with Crippen molar-refractivity contribution in [1.29, 1.82) is 0 Å². The molecular weight excluding hydrogens is 300 g/mol. The summed E-state index contributed by atoms with van der Waals surface area (Å²) in [6, 6.07) is 6.07. The Hall–Kier alpha value is -0.660. The molecule has 0 aliphatic carbocycles. The highest BCUT2D eigenvalue weighted by atomic mass is 35.5. The monoisotopic (exact) mass is 318 g/mol. The largest absolute Gasteiger partial charge is 0.392 e. The van der Waals surface area contributed by atoms with Gasteiger partial charge in [-0.1, -0.05) is 11.6 Å². The second kappa shape index (κ2) is 6.87. The third-order valence-electron chi connectivity index (χ3n) is 3.32. The van der Waals surface area contributed by atoms with Gasteiger partial charge in [-0.3, -0.25) is 4.90 Å². The molecule has 0 aromatic heterocycles. The zero-order valence-corrected chi connectivity index (χ0v) is 12.7. The minimum absolute atomic E-state index is 0.209. The van der Waals surface area contributed by atoms with E-state index in [4.69, 9.17) is 11.6 Å². The van der Waals surface area contributed by atoms with Gasteiger partial charge in [0.25, 0.3) is 0 Å². The van der Waals surface area contributed by atoms with Crippen molar-refractivity contribution in [1.82, 2.24) is 9.62 Å². The smallest absolute Gasteiger partial charge is 0.240 e. The van der Waals surface area contributed by atoms with Gasteiger partial charge in [-0.2, -0.15) is 0 Å². The number of β-amino-alcohol motifs (C(OH)–C–C–N with tert-alkyl or cyclic N) is 1. The average molecular weight is 319 g/mol. The standard InChI is InChI=1S/C13H19ClN2O3S/c14-11-3-5-13(6-4-11)20(18,19)15-7-9-16-8-1-2-12(17)10-16/h3-6,12,15,17H,1-2,7-10H2/t12-/m1/s1. The van der Waals surface area contributed by atoms with Crippen LogP contribution < -0.4 is 4.72 Å². The van der Waals surface area contributed by atoms with Crippen LogP contribution in [-0.2, 0) is 10.0 Å². The van der Waals surface area contributed by atoms with Gasteiger partial charge in [0.05, 0.1) is 11.0 Å². The molecule has 1 aromatic rings. The quantitative estimate of drug-likeness (QED) is 0.852. The van der Waals surface area contributed by atoms with Gasteiger partial charge in [-0.25, -0.2) is 13.1 Å². The van der Waals surface area contributed by atoms with Crippen molar-refractivity contribution in [2.45, 2.75) is 23.8 Å². The predicted molar refractivity (Wildman–Crippen MR) is 78.3 cm³/mol. The van der Waals surface area contributed by atoms with Crippen LogP contribution in [0, 0.1) is 0 Å². The predicted octanol–water partition coefficient (Wildman–Crippen LogP) is 1.07. The third-order valence-corrected chi connectivity index (χ3v) is 5.05. The summed E-state index contributed by atoms with van der Waals surface area (Å²) < 4.78 is 26.6. The van der Waals surface area contributed by atoms with Gasteiger partial charge in [-0.15, -0.1) is 0 Å². The van der Waals surface area contributed by atoms with Crippen LogP contribution >= 0.6 is 11.6 Å². The molecule has 20 heavy (non-hydrogen) atoms. The summed E-state index contributed by atoms with van der Waals surface area (Å²) in [5.41, 5.74) is 0. The molecule has 0 spiro atoms. The third kappa shape index (κ3) is 4.43. The fourth-order valence-electron chi connectivity index (χ4n) is 2.27. The number of benzene rings is 1. The van der Waals surface area contributed by atoms with Gasteiger partial charge in [-0.05, 0) is 43.7 Å². The normalized spacial score (nSPS) is 21.0. The van der Waals surface area contributed by atoms with Crippen LogP contribution in [0.25, 0.3) is 0 Å². The van der Waals surface area contributed by atoms with Gasteiger partial charge in [0.15, 0.2) is 0 Å². The molecule has 112 valence electrons. The Kier molecular flexibility index (Phi) is 5.40. The molecule has 7 heteroatoms. The zero-order chi connectivity index (χ0) is 14.6. The number of likely N-dealkylation sites (tertiary alicyclic amines) is 1. The minimum Gasteiger partial charge on any atom is -0.392 e. The molecule has 1 saturated heterocycles. The lowest BCUT2D eigenvalue weighted by Crippen LogP contribution is -2.42. The molecule has 0 radical (unpaired) electrons. The summed E-state index contributed by atoms with van der Waals surface area (Å²) >= 11 is 5.74. The van der Waals surface area contributed by atoms with E-state index in [0.29, 0.717) is 24.7 Å². The second-order valence-corrected chi connectivity index (χ2v) is 7.15. The molecule has 5 nitrogen and oxygen atoms in total. The number of aliphatic hydroxyl groups excluding tert-OH is 1. The van der Waals surface area contributed by atoms with Gasteiger partial charge >= 0.3 is 0 Å². The summed E-state index contributed by atoms with van der Waals surface area (Å²) in [5, 5.41) is 10.1. The van der Waals surface area contributed by atoms with Crippen LogP contribution in [0.2, 0.25) is 5.02 Å². The van der Waals surface area contributed by atoms with E-state index in [0.717, 1.165) is 19.4 Å². The van der Waals surface area contributed by atoms with E-state index in [-0.39, 0.29) is 11.0 Å². The van der Waals surface area contributed by atoms with Crippen LogP contribution in [0.5, 0.6) is 0 Å². The molecule has 1 atom stereocenters. The van der Waals surface area contributed by atoms with Crippen molar-refractivity contribution in [2.75, 3.05) is 26.2 Å². The maximum Gasteiger partial charge on any atom is 0.240 e. The van der Waals surface area contributed by atoms with Crippen molar-refractivity contribution < 1.29 is 13.5 Å². The molecule has 1 aliphatic rings.